The first-order chi connectivity index (χ1) is 23.7. The van der Waals surface area contributed by atoms with Gasteiger partial charge in [0.05, 0.1) is 31.6 Å². The second kappa shape index (κ2) is 18.8. The quantitative estimate of drug-likeness (QED) is 0.124. The van der Waals surface area contributed by atoms with Crippen molar-refractivity contribution in [3.63, 3.8) is 0 Å². The highest BCUT2D eigenvalue weighted by Gasteiger charge is 2.54. The first-order valence-electron chi connectivity index (χ1n) is 17.3. The zero-order valence-corrected chi connectivity index (χ0v) is 30.4. The second-order valence-electron chi connectivity index (χ2n) is 13.4. The van der Waals surface area contributed by atoms with E-state index in [9.17, 15) is 33.6 Å². The molecule has 0 aliphatic carbocycles. The maximum absolute atomic E-state index is 13.7. The Labute approximate surface area is 293 Å². The number of fused-ring (bicyclic) bond motifs is 1. The molecule has 0 bridgehead atoms. The first kappa shape index (κ1) is 40.4. The molecule has 3 fully saturated rings. The van der Waals surface area contributed by atoms with Gasteiger partial charge >= 0.3 is 24.0 Å². The molecule has 3 saturated heterocycles. The van der Waals surface area contributed by atoms with E-state index in [1.54, 1.807) is 35.5 Å². The number of rotatable bonds is 17. The van der Waals surface area contributed by atoms with Gasteiger partial charge in [-0.05, 0) is 52.4 Å². The molecule has 16 heteroatoms. The summed E-state index contributed by atoms with van der Waals surface area (Å²) in [5, 5.41) is 0. The van der Waals surface area contributed by atoms with Gasteiger partial charge in [-0.1, -0.05) is 19.9 Å². The number of carbonyl (C=O) groups is 7. The summed E-state index contributed by atoms with van der Waals surface area (Å²) in [5.41, 5.74) is 0.267. The number of ether oxygens (including phenoxy) is 4. The molecule has 3 heterocycles. The van der Waals surface area contributed by atoms with Crippen LogP contribution in [-0.4, -0.2) is 138 Å². The number of urea groups is 2. The summed E-state index contributed by atoms with van der Waals surface area (Å²) >= 11 is 0. The smallest absolute Gasteiger partial charge is 0.333 e. The van der Waals surface area contributed by atoms with Gasteiger partial charge in [0, 0.05) is 51.8 Å². The van der Waals surface area contributed by atoms with Crippen molar-refractivity contribution in [3.8, 4) is 0 Å². The van der Waals surface area contributed by atoms with Crippen LogP contribution >= 0.6 is 0 Å². The largest absolute Gasteiger partial charge is 0.466 e. The molecule has 7 amide bonds. The molecular weight excluding hydrogens is 654 g/mol. The van der Waals surface area contributed by atoms with Crippen LogP contribution < -0.4 is 0 Å². The Morgan fingerprint density at radius 1 is 0.840 bits per heavy atom. The fraction of sp³-hybridized carbons (Fsp3) is 0.735. The van der Waals surface area contributed by atoms with Crippen LogP contribution in [-0.2, 0) is 42.9 Å². The van der Waals surface area contributed by atoms with Crippen molar-refractivity contribution in [2.45, 2.75) is 97.9 Å². The molecule has 0 aromatic heterocycles. The molecule has 0 aromatic carbocycles. The number of esters is 2. The average Bonchev–Trinajstić information content (AvgIpc) is 3.30. The van der Waals surface area contributed by atoms with E-state index in [2.05, 4.69) is 0 Å². The number of nitrogens with zero attached hydrogens (tertiary/aromatic N) is 5. The Hall–Kier alpha value is -4.05. The Morgan fingerprint density at radius 3 is 2.10 bits per heavy atom. The molecule has 3 aliphatic rings. The SMILES string of the molecule is C/C=C1\CCC(=O)N(CCC(=O)OC(C)C)C(=O)N(CCC(=O)OCCCC2CC3C(N(CC(C)C)C2=O)N(COC)C(=O)N3COC)C1=O. The van der Waals surface area contributed by atoms with Gasteiger partial charge in [-0.25, -0.2) is 9.59 Å². The highest BCUT2D eigenvalue weighted by Crippen LogP contribution is 2.37. The maximum Gasteiger partial charge on any atom is 0.333 e. The van der Waals surface area contributed by atoms with E-state index in [4.69, 9.17) is 18.9 Å². The van der Waals surface area contributed by atoms with Gasteiger partial charge in [0.25, 0.3) is 5.91 Å². The lowest BCUT2D eigenvalue weighted by molar-refractivity contribution is -0.151. The number of carbonyl (C=O) groups excluding carboxylic acids is 7. The minimum Gasteiger partial charge on any atom is -0.466 e. The predicted octanol–water partition coefficient (Wildman–Crippen LogP) is 2.70. The van der Waals surface area contributed by atoms with E-state index in [1.165, 1.54) is 20.3 Å². The number of amides is 7. The molecule has 3 atom stereocenters. The molecular formula is C34H53N5O11. The normalized spacial score (nSPS) is 22.6. The lowest BCUT2D eigenvalue weighted by atomic mass is 9.87. The van der Waals surface area contributed by atoms with Crippen LogP contribution in [0.2, 0.25) is 0 Å². The molecule has 3 unspecified atom stereocenters. The monoisotopic (exact) mass is 707 g/mol. The zero-order valence-electron chi connectivity index (χ0n) is 30.4. The predicted molar refractivity (Wildman–Crippen MR) is 178 cm³/mol. The molecule has 0 saturated carbocycles. The minimum absolute atomic E-state index is 0.00197. The average molecular weight is 708 g/mol. The highest BCUT2D eigenvalue weighted by atomic mass is 16.5. The van der Waals surface area contributed by atoms with E-state index in [1.807, 2.05) is 13.8 Å². The van der Waals surface area contributed by atoms with Crippen LogP contribution in [0.3, 0.4) is 0 Å². The second-order valence-corrected chi connectivity index (χ2v) is 13.4. The van der Waals surface area contributed by atoms with Crippen molar-refractivity contribution in [1.82, 2.24) is 24.5 Å². The third-order valence-corrected chi connectivity index (χ3v) is 8.78. The molecule has 0 aromatic rings. The number of piperidine rings is 1. The van der Waals surface area contributed by atoms with Crippen LogP contribution in [0.15, 0.2) is 11.6 Å². The van der Waals surface area contributed by atoms with Crippen LogP contribution in [0.1, 0.15) is 79.6 Å². The van der Waals surface area contributed by atoms with Crippen molar-refractivity contribution in [2.24, 2.45) is 11.8 Å². The number of allylic oxidation sites excluding steroid dienone is 1. The summed E-state index contributed by atoms with van der Waals surface area (Å²) in [6.07, 6.45) is 1.34. The standard InChI is InChI=1S/C34H53N5O11/c1-8-24-11-12-27(40)35(15-14-29(42)50-23(4)5)33(45)36(31(24)43)16-13-28(41)49-17-9-10-25-18-26-30(37(32(25)44)19-22(2)3)39(21-48-7)34(46)38(26)20-47-6/h8,22-23,25-26,30H,9-21H2,1-7H3/b24-8+. The van der Waals surface area contributed by atoms with Gasteiger partial charge in [-0.2, -0.15) is 0 Å². The van der Waals surface area contributed by atoms with Gasteiger partial charge in [-0.15, -0.1) is 0 Å². The fourth-order valence-electron chi connectivity index (χ4n) is 6.56. The van der Waals surface area contributed by atoms with Crippen molar-refractivity contribution >= 4 is 41.7 Å². The van der Waals surface area contributed by atoms with E-state index < -0.39 is 41.9 Å². The lowest BCUT2D eigenvalue weighted by Gasteiger charge is -2.44. The van der Waals surface area contributed by atoms with Gasteiger partial charge in [0.2, 0.25) is 11.8 Å². The van der Waals surface area contributed by atoms with E-state index in [-0.39, 0.29) is 94.4 Å². The molecule has 16 nitrogen and oxygen atoms in total. The Kier molecular flexibility index (Phi) is 15.2. The van der Waals surface area contributed by atoms with Crippen LogP contribution in [0.4, 0.5) is 9.59 Å². The topological polar surface area (TPSA) is 173 Å². The number of methoxy groups -OCH3 is 2. The van der Waals surface area contributed by atoms with Gasteiger partial charge in [-0.3, -0.25) is 43.6 Å². The van der Waals surface area contributed by atoms with E-state index in [0.717, 1.165) is 9.80 Å². The number of likely N-dealkylation sites (tertiary alicyclic amines) is 1. The lowest BCUT2D eigenvalue weighted by Crippen LogP contribution is -2.60. The van der Waals surface area contributed by atoms with E-state index >= 15 is 0 Å². The summed E-state index contributed by atoms with van der Waals surface area (Å²) in [7, 11) is 3.01. The van der Waals surface area contributed by atoms with Crippen LogP contribution in [0.5, 0.6) is 0 Å². The molecule has 0 radical (unpaired) electrons. The van der Waals surface area contributed by atoms with Crippen LogP contribution in [0, 0.1) is 11.8 Å². The summed E-state index contributed by atoms with van der Waals surface area (Å²) in [6.45, 7) is 8.97. The number of hydrogen-bond donors (Lipinski definition) is 0. The Balaban J connectivity index is 1.61. The van der Waals surface area contributed by atoms with Crippen molar-refractivity contribution < 1.29 is 52.5 Å². The van der Waals surface area contributed by atoms with Crippen molar-refractivity contribution in [1.29, 1.82) is 0 Å². The fourth-order valence-corrected chi connectivity index (χ4v) is 6.56. The summed E-state index contributed by atoms with van der Waals surface area (Å²) in [4.78, 5) is 98.0. The summed E-state index contributed by atoms with van der Waals surface area (Å²) in [5.74, 6) is -2.75. The van der Waals surface area contributed by atoms with Crippen molar-refractivity contribution in [2.75, 3.05) is 53.9 Å². The molecule has 0 N–H and O–H groups in total. The summed E-state index contributed by atoms with van der Waals surface area (Å²) < 4.78 is 21.1. The van der Waals surface area contributed by atoms with Gasteiger partial charge in [0.1, 0.15) is 19.6 Å². The number of hydrogen-bond acceptors (Lipinski definition) is 11. The number of imide groups is 2. The molecule has 3 aliphatic heterocycles. The third kappa shape index (κ3) is 10.0. The highest BCUT2D eigenvalue weighted by molar-refractivity contribution is 6.09. The molecule has 0 spiro atoms. The van der Waals surface area contributed by atoms with Gasteiger partial charge in [0.15, 0.2) is 0 Å². The summed E-state index contributed by atoms with van der Waals surface area (Å²) in [6, 6.07) is -1.48. The Morgan fingerprint density at radius 2 is 1.48 bits per heavy atom. The molecule has 280 valence electrons. The van der Waals surface area contributed by atoms with E-state index in [0.29, 0.717) is 25.8 Å². The van der Waals surface area contributed by atoms with Gasteiger partial charge < -0.3 is 23.8 Å². The van der Waals surface area contributed by atoms with Crippen molar-refractivity contribution in [3.05, 3.63) is 11.6 Å². The minimum atomic E-state index is -0.916. The molecule has 50 heavy (non-hydrogen) atoms. The first-order valence-corrected chi connectivity index (χ1v) is 17.3. The molecule has 3 rings (SSSR count). The maximum atomic E-state index is 13.7. The van der Waals surface area contributed by atoms with Crippen LogP contribution in [0.25, 0.3) is 0 Å². The Bertz CT molecular complexity index is 1300. The zero-order chi connectivity index (χ0) is 37.1. The third-order valence-electron chi connectivity index (χ3n) is 8.78.